The van der Waals surface area contributed by atoms with Crippen LogP contribution in [-0.4, -0.2) is 28.9 Å². The zero-order chi connectivity index (χ0) is 22.4. The monoisotopic (exact) mass is 430 g/mol. The van der Waals surface area contributed by atoms with Crippen molar-refractivity contribution in [2.24, 2.45) is 29.1 Å². The Hall–Kier alpha value is -2.14. The van der Waals surface area contributed by atoms with E-state index in [1.807, 2.05) is 6.08 Å². The molecule has 0 aliphatic heterocycles. The largest absolute Gasteiger partial charge is 0.491 e. The molecule has 0 radical (unpaired) electrons. The molecule has 31 heavy (non-hydrogen) atoms. The first kappa shape index (κ1) is 23.5. The molecule has 2 bridgehead atoms. The first-order chi connectivity index (χ1) is 14.8. The Morgan fingerprint density at radius 1 is 1.26 bits per heavy atom. The van der Waals surface area contributed by atoms with E-state index in [-0.39, 0.29) is 18.8 Å². The molecule has 2 unspecified atom stereocenters. The van der Waals surface area contributed by atoms with Gasteiger partial charge in [0.15, 0.2) is 0 Å². The van der Waals surface area contributed by atoms with E-state index < -0.39 is 12.1 Å². The predicted octanol–water partition coefficient (Wildman–Crippen LogP) is 5.62. The van der Waals surface area contributed by atoms with Crippen molar-refractivity contribution < 1.29 is 24.1 Å². The van der Waals surface area contributed by atoms with Crippen LogP contribution in [0.25, 0.3) is 0 Å². The Balaban J connectivity index is 1.52. The molecule has 0 amide bonds. The minimum absolute atomic E-state index is 0.140. The summed E-state index contributed by atoms with van der Waals surface area (Å²) < 4.78 is 18.5. The van der Waals surface area contributed by atoms with E-state index in [0.717, 1.165) is 25.2 Å². The van der Waals surface area contributed by atoms with Crippen LogP contribution in [0.3, 0.4) is 0 Å². The van der Waals surface area contributed by atoms with E-state index in [0.29, 0.717) is 35.3 Å². The predicted molar refractivity (Wildman–Crippen MR) is 119 cm³/mol. The van der Waals surface area contributed by atoms with Crippen LogP contribution in [0.5, 0.6) is 5.75 Å². The number of carboxylic acids is 1. The molecule has 4 nitrogen and oxygen atoms in total. The maximum Gasteiger partial charge on any atom is 0.303 e. The summed E-state index contributed by atoms with van der Waals surface area (Å²) in [4.78, 5) is 10.6. The summed E-state index contributed by atoms with van der Waals surface area (Å²) in [6.07, 6.45) is 12.7. The van der Waals surface area contributed by atoms with Crippen molar-refractivity contribution in [1.82, 2.24) is 0 Å². The van der Waals surface area contributed by atoms with Crippen molar-refractivity contribution in [3.05, 3.63) is 54.4 Å². The van der Waals surface area contributed by atoms with Crippen molar-refractivity contribution in [2.75, 3.05) is 6.61 Å². The summed E-state index contributed by atoms with van der Waals surface area (Å²) >= 11 is 0. The summed E-state index contributed by atoms with van der Waals surface area (Å²) in [5.74, 6) is 1.87. The third-order valence-electron chi connectivity index (χ3n) is 7.32. The highest BCUT2D eigenvalue weighted by molar-refractivity contribution is 5.66. The van der Waals surface area contributed by atoms with Gasteiger partial charge in [-0.3, -0.25) is 4.79 Å². The van der Waals surface area contributed by atoms with E-state index in [1.165, 1.54) is 18.6 Å². The zero-order valence-corrected chi connectivity index (χ0v) is 18.5. The van der Waals surface area contributed by atoms with Gasteiger partial charge in [0, 0.05) is 6.42 Å². The second-order valence-electron chi connectivity index (χ2n) is 9.63. The number of hydrogen-bond donors (Lipinski definition) is 2. The van der Waals surface area contributed by atoms with Gasteiger partial charge in [0.05, 0.1) is 0 Å². The molecule has 170 valence electrons. The lowest BCUT2D eigenvalue weighted by Crippen LogP contribution is -2.55. The lowest BCUT2D eigenvalue weighted by molar-refractivity contribution is -0.137. The number of hydrogen-bond acceptors (Lipinski definition) is 3. The van der Waals surface area contributed by atoms with Gasteiger partial charge in [-0.15, -0.1) is 0 Å². The number of fused-ring (bicyclic) bond motifs is 2. The third kappa shape index (κ3) is 6.19. The normalized spacial score (nSPS) is 27.9. The summed E-state index contributed by atoms with van der Waals surface area (Å²) in [7, 11) is 0. The molecule has 5 heteroatoms. The van der Waals surface area contributed by atoms with Crippen LogP contribution in [0.1, 0.15) is 52.4 Å². The van der Waals surface area contributed by atoms with Gasteiger partial charge in [0.2, 0.25) is 0 Å². The van der Waals surface area contributed by atoms with Gasteiger partial charge in [-0.2, -0.15) is 0 Å². The number of aliphatic hydroxyl groups excluding tert-OH is 1. The fourth-order valence-corrected chi connectivity index (χ4v) is 5.33. The third-order valence-corrected chi connectivity index (χ3v) is 7.32. The number of aliphatic hydroxyl groups is 1. The highest BCUT2D eigenvalue weighted by atomic mass is 19.1. The molecular formula is C26H35FO4. The summed E-state index contributed by atoms with van der Waals surface area (Å²) in [6, 6.07) is 5.80. The number of carbonyl (C=O) groups is 1. The fraction of sp³-hybridized carbons (Fsp3) is 0.577. The minimum Gasteiger partial charge on any atom is -0.491 e. The van der Waals surface area contributed by atoms with Gasteiger partial charge in [0.1, 0.15) is 24.3 Å². The van der Waals surface area contributed by atoms with Crippen molar-refractivity contribution in [3.8, 4) is 5.75 Å². The summed E-state index contributed by atoms with van der Waals surface area (Å²) in [6.45, 7) is 4.89. The molecule has 0 heterocycles. The van der Waals surface area contributed by atoms with E-state index >= 15 is 0 Å². The van der Waals surface area contributed by atoms with E-state index in [1.54, 1.807) is 12.1 Å². The number of rotatable bonds is 11. The van der Waals surface area contributed by atoms with Crippen LogP contribution >= 0.6 is 0 Å². The van der Waals surface area contributed by atoms with E-state index in [2.05, 4.69) is 32.1 Å². The number of carboxylic acid groups (broad SMARTS) is 1. The molecule has 1 aromatic carbocycles. The second-order valence-corrected chi connectivity index (χ2v) is 9.63. The Kier molecular flexibility index (Phi) is 7.93. The molecule has 3 aliphatic carbocycles. The van der Waals surface area contributed by atoms with Crippen molar-refractivity contribution >= 4 is 5.97 Å². The summed E-state index contributed by atoms with van der Waals surface area (Å²) in [5.41, 5.74) is 0.371. The molecular weight excluding hydrogens is 395 g/mol. The molecule has 5 atom stereocenters. The standard InChI is InChI=1S/C26H35FO4/c1-26(2)19-15-18(9-12-21(28)17-31-22-13-10-20(27)11-14-22)23(24(26)16-19)7-5-3-4-6-8-25(29)30/h3,5,9-14,18-19,21,23-24,28H,4,6-8,15-17H2,1-2H3,(H,29,30)/b5-3-,12-9+/t18?,19-,21+,23+,24?/m0/s1. The molecule has 3 fully saturated rings. The Morgan fingerprint density at radius 3 is 2.68 bits per heavy atom. The van der Waals surface area contributed by atoms with Gasteiger partial charge >= 0.3 is 5.97 Å². The number of allylic oxidation sites excluding steroid dienone is 3. The zero-order valence-electron chi connectivity index (χ0n) is 18.5. The van der Waals surface area contributed by atoms with Gasteiger partial charge in [0.25, 0.3) is 0 Å². The maximum absolute atomic E-state index is 13.0. The van der Waals surface area contributed by atoms with Gasteiger partial charge in [-0.1, -0.05) is 38.2 Å². The number of benzene rings is 1. The molecule has 0 aromatic heterocycles. The minimum atomic E-state index is -0.741. The lowest BCUT2D eigenvalue weighted by atomic mass is 9.43. The molecule has 3 saturated carbocycles. The number of ether oxygens (including phenoxy) is 1. The average Bonchev–Trinajstić information content (AvgIpc) is 2.74. The van der Waals surface area contributed by atoms with Crippen molar-refractivity contribution in [3.63, 3.8) is 0 Å². The first-order valence-electron chi connectivity index (χ1n) is 11.4. The fourth-order valence-electron chi connectivity index (χ4n) is 5.33. The Morgan fingerprint density at radius 2 is 2.00 bits per heavy atom. The molecule has 0 saturated heterocycles. The maximum atomic E-state index is 13.0. The number of unbranched alkanes of at least 4 members (excludes halogenated alkanes) is 1. The van der Waals surface area contributed by atoms with E-state index in [4.69, 9.17) is 9.84 Å². The van der Waals surface area contributed by atoms with Crippen LogP contribution in [0, 0.1) is 34.9 Å². The molecule has 3 aliphatic rings. The topological polar surface area (TPSA) is 66.8 Å². The quantitative estimate of drug-likeness (QED) is 0.353. The highest BCUT2D eigenvalue weighted by Gasteiger charge is 2.56. The van der Waals surface area contributed by atoms with Crippen LogP contribution in [0.15, 0.2) is 48.6 Å². The highest BCUT2D eigenvalue weighted by Crippen LogP contribution is 2.64. The number of halogens is 1. The van der Waals surface area contributed by atoms with Crippen LogP contribution in [0.2, 0.25) is 0 Å². The van der Waals surface area contributed by atoms with Gasteiger partial charge in [-0.25, -0.2) is 4.39 Å². The summed E-state index contributed by atoms with van der Waals surface area (Å²) in [5, 5.41) is 19.1. The van der Waals surface area contributed by atoms with Crippen molar-refractivity contribution in [1.29, 1.82) is 0 Å². The molecule has 2 N–H and O–H groups in total. The Labute approximate surface area is 184 Å². The average molecular weight is 431 g/mol. The first-order valence-corrected chi connectivity index (χ1v) is 11.4. The van der Waals surface area contributed by atoms with Crippen LogP contribution in [0.4, 0.5) is 4.39 Å². The van der Waals surface area contributed by atoms with Crippen LogP contribution < -0.4 is 4.74 Å². The van der Waals surface area contributed by atoms with Gasteiger partial charge in [-0.05, 0) is 85.5 Å². The lowest BCUT2D eigenvalue weighted by Gasteiger charge is -2.62. The Bertz CT molecular complexity index is 783. The molecule has 4 rings (SSSR count). The van der Waals surface area contributed by atoms with Gasteiger partial charge < -0.3 is 14.9 Å². The SMILES string of the molecule is CC1(C)C2C[C@@H]1CC(/C=C/[C@@H](O)COc1ccc(F)cc1)[C@H]2C/C=C\CCCC(=O)O. The second kappa shape index (κ2) is 10.4. The smallest absolute Gasteiger partial charge is 0.303 e. The molecule has 1 aromatic rings. The number of aliphatic carboxylic acids is 1. The van der Waals surface area contributed by atoms with E-state index in [9.17, 15) is 14.3 Å². The molecule has 0 spiro atoms. The van der Waals surface area contributed by atoms with Crippen molar-refractivity contribution in [2.45, 2.75) is 58.5 Å². The van der Waals surface area contributed by atoms with Crippen LogP contribution in [-0.2, 0) is 4.79 Å².